The molecular weight excluding hydrogens is 250 g/mol. The molecule has 1 aromatic heterocycles. The van der Waals surface area contributed by atoms with Gasteiger partial charge in [0.25, 0.3) is 0 Å². The van der Waals surface area contributed by atoms with Crippen molar-refractivity contribution in [3.63, 3.8) is 0 Å². The van der Waals surface area contributed by atoms with Crippen LogP contribution in [0.15, 0.2) is 30.6 Å². The quantitative estimate of drug-likeness (QED) is 0.905. The Morgan fingerprint density at radius 2 is 2.05 bits per heavy atom. The Morgan fingerprint density at radius 1 is 1.25 bits per heavy atom. The molecule has 0 unspecified atom stereocenters. The van der Waals surface area contributed by atoms with Crippen LogP contribution in [-0.2, 0) is 6.54 Å². The van der Waals surface area contributed by atoms with E-state index in [4.69, 9.17) is 4.74 Å². The Morgan fingerprint density at radius 3 is 2.70 bits per heavy atom. The van der Waals surface area contributed by atoms with Gasteiger partial charge in [-0.3, -0.25) is 4.98 Å². The van der Waals surface area contributed by atoms with E-state index in [-0.39, 0.29) is 0 Å². The van der Waals surface area contributed by atoms with Crippen LogP contribution in [0.1, 0.15) is 36.6 Å². The number of hydrogen-bond acceptors (Lipinski definition) is 4. The second-order valence-electron chi connectivity index (χ2n) is 5.15. The van der Waals surface area contributed by atoms with Crippen LogP contribution in [0.3, 0.4) is 0 Å². The van der Waals surface area contributed by atoms with E-state index in [0.29, 0.717) is 18.3 Å². The molecule has 1 aromatic carbocycles. The first-order chi connectivity index (χ1) is 9.60. The summed E-state index contributed by atoms with van der Waals surface area (Å²) >= 11 is 0. The van der Waals surface area contributed by atoms with Crippen LogP contribution in [0.25, 0.3) is 0 Å². The highest BCUT2D eigenvalue weighted by atomic mass is 16.5. The molecular formula is C16H21N3O. The minimum Gasteiger partial charge on any atom is -0.437 e. The SMILES string of the molecule is CNCc1cncc(Oc2ccc(C(C)C)c(C)c2)n1. The average molecular weight is 271 g/mol. The Labute approximate surface area is 120 Å². The van der Waals surface area contributed by atoms with Crippen molar-refractivity contribution in [3.8, 4) is 11.6 Å². The van der Waals surface area contributed by atoms with Crippen molar-refractivity contribution in [1.29, 1.82) is 0 Å². The molecule has 0 atom stereocenters. The summed E-state index contributed by atoms with van der Waals surface area (Å²) in [6.45, 7) is 7.16. The number of benzene rings is 1. The first-order valence-electron chi connectivity index (χ1n) is 6.84. The van der Waals surface area contributed by atoms with Gasteiger partial charge >= 0.3 is 0 Å². The normalized spacial score (nSPS) is 10.8. The van der Waals surface area contributed by atoms with Crippen molar-refractivity contribution in [1.82, 2.24) is 15.3 Å². The number of rotatable bonds is 5. The molecule has 0 saturated heterocycles. The molecule has 0 bridgehead atoms. The van der Waals surface area contributed by atoms with Crippen LogP contribution in [0.4, 0.5) is 0 Å². The van der Waals surface area contributed by atoms with Crippen molar-refractivity contribution >= 4 is 0 Å². The molecule has 0 aliphatic rings. The van der Waals surface area contributed by atoms with Crippen LogP contribution in [0.2, 0.25) is 0 Å². The molecule has 0 radical (unpaired) electrons. The van der Waals surface area contributed by atoms with E-state index >= 15 is 0 Å². The predicted molar refractivity (Wildman–Crippen MR) is 80.1 cm³/mol. The fourth-order valence-electron chi connectivity index (χ4n) is 2.18. The number of aryl methyl sites for hydroxylation is 1. The summed E-state index contributed by atoms with van der Waals surface area (Å²) in [7, 11) is 1.88. The second-order valence-corrected chi connectivity index (χ2v) is 5.15. The van der Waals surface area contributed by atoms with Crippen LogP contribution in [-0.4, -0.2) is 17.0 Å². The Bertz CT molecular complexity index is 582. The minimum atomic E-state index is 0.516. The zero-order valence-electron chi connectivity index (χ0n) is 12.5. The highest BCUT2D eigenvalue weighted by molar-refractivity contribution is 5.37. The molecule has 2 rings (SSSR count). The van der Waals surface area contributed by atoms with E-state index in [1.165, 1.54) is 11.1 Å². The van der Waals surface area contributed by atoms with E-state index in [0.717, 1.165) is 11.4 Å². The van der Waals surface area contributed by atoms with E-state index in [9.17, 15) is 0 Å². The van der Waals surface area contributed by atoms with Gasteiger partial charge in [-0.1, -0.05) is 19.9 Å². The van der Waals surface area contributed by atoms with Crippen LogP contribution < -0.4 is 10.1 Å². The fraction of sp³-hybridized carbons (Fsp3) is 0.375. The summed E-state index contributed by atoms with van der Waals surface area (Å²) < 4.78 is 5.78. The van der Waals surface area contributed by atoms with Crippen LogP contribution in [0, 0.1) is 6.92 Å². The van der Waals surface area contributed by atoms with E-state index in [1.54, 1.807) is 12.4 Å². The molecule has 0 fully saturated rings. The van der Waals surface area contributed by atoms with Crippen molar-refractivity contribution in [2.75, 3.05) is 7.05 Å². The van der Waals surface area contributed by atoms with Gasteiger partial charge in [-0.25, -0.2) is 4.98 Å². The summed E-state index contributed by atoms with van der Waals surface area (Å²) in [4.78, 5) is 8.54. The number of nitrogens with one attached hydrogen (secondary N) is 1. The zero-order valence-corrected chi connectivity index (χ0v) is 12.5. The number of aromatic nitrogens is 2. The van der Waals surface area contributed by atoms with Gasteiger partial charge in [0.2, 0.25) is 5.88 Å². The highest BCUT2D eigenvalue weighted by Gasteiger charge is 2.06. The molecule has 4 nitrogen and oxygen atoms in total. The lowest BCUT2D eigenvalue weighted by Gasteiger charge is -2.12. The Hall–Kier alpha value is -1.94. The topological polar surface area (TPSA) is 47.0 Å². The minimum absolute atomic E-state index is 0.516. The maximum Gasteiger partial charge on any atom is 0.238 e. The van der Waals surface area contributed by atoms with Gasteiger partial charge in [0, 0.05) is 12.7 Å². The Balaban J connectivity index is 2.17. The number of ether oxygens (including phenoxy) is 1. The molecule has 0 aliphatic carbocycles. The Kier molecular flexibility index (Phi) is 4.69. The summed E-state index contributed by atoms with van der Waals surface area (Å²) in [5.74, 6) is 1.83. The average Bonchev–Trinajstić information content (AvgIpc) is 2.39. The van der Waals surface area contributed by atoms with Crippen molar-refractivity contribution in [2.24, 2.45) is 0 Å². The first-order valence-corrected chi connectivity index (χ1v) is 6.84. The van der Waals surface area contributed by atoms with Crippen molar-refractivity contribution < 1.29 is 4.74 Å². The largest absolute Gasteiger partial charge is 0.437 e. The summed E-state index contributed by atoms with van der Waals surface area (Å²) in [5, 5.41) is 3.05. The van der Waals surface area contributed by atoms with Gasteiger partial charge in [-0.15, -0.1) is 0 Å². The highest BCUT2D eigenvalue weighted by Crippen LogP contribution is 2.26. The number of hydrogen-bond donors (Lipinski definition) is 1. The third-order valence-corrected chi connectivity index (χ3v) is 3.11. The maximum absolute atomic E-state index is 5.78. The number of nitrogens with zero attached hydrogens (tertiary/aromatic N) is 2. The molecule has 1 heterocycles. The van der Waals surface area contributed by atoms with Gasteiger partial charge in [-0.2, -0.15) is 0 Å². The lowest BCUT2D eigenvalue weighted by Crippen LogP contribution is -2.07. The van der Waals surface area contributed by atoms with Gasteiger partial charge in [0.1, 0.15) is 5.75 Å². The molecule has 4 heteroatoms. The fourth-order valence-corrected chi connectivity index (χ4v) is 2.18. The van der Waals surface area contributed by atoms with E-state index < -0.39 is 0 Å². The van der Waals surface area contributed by atoms with Gasteiger partial charge in [0.05, 0.1) is 11.9 Å². The molecule has 20 heavy (non-hydrogen) atoms. The summed E-state index contributed by atoms with van der Waals surface area (Å²) in [6.07, 6.45) is 3.36. The molecule has 0 amide bonds. The van der Waals surface area contributed by atoms with Gasteiger partial charge in [-0.05, 0) is 43.1 Å². The molecule has 0 spiro atoms. The molecule has 0 aliphatic heterocycles. The summed E-state index contributed by atoms with van der Waals surface area (Å²) in [6, 6.07) is 6.14. The van der Waals surface area contributed by atoms with E-state index in [2.05, 4.69) is 42.1 Å². The third-order valence-electron chi connectivity index (χ3n) is 3.11. The molecule has 0 saturated carbocycles. The second kappa shape index (κ2) is 6.48. The van der Waals surface area contributed by atoms with Crippen LogP contribution >= 0.6 is 0 Å². The van der Waals surface area contributed by atoms with Gasteiger partial charge in [0.15, 0.2) is 0 Å². The molecule has 2 aromatic rings. The standard InChI is InChI=1S/C16H21N3O/c1-11(2)15-6-5-14(7-12(15)3)20-16-10-18-9-13(19-16)8-17-4/h5-7,9-11,17H,8H2,1-4H3. The van der Waals surface area contributed by atoms with Crippen molar-refractivity contribution in [3.05, 3.63) is 47.4 Å². The van der Waals surface area contributed by atoms with E-state index in [1.807, 2.05) is 19.2 Å². The lowest BCUT2D eigenvalue weighted by atomic mass is 9.98. The lowest BCUT2D eigenvalue weighted by molar-refractivity contribution is 0.456. The zero-order chi connectivity index (χ0) is 14.5. The van der Waals surface area contributed by atoms with Crippen LogP contribution in [0.5, 0.6) is 11.6 Å². The monoisotopic (exact) mass is 271 g/mol. The first kappa shape index (κ1) is 14.5. The molecule has 106 valence electrons. The van der Waals surface area contributed by atoms with Gasteiger partial charge < -0.3 is 10.1 Å². The smallest absolute Gasteiger partial charge is 0.238 e. The molecule has 1 N–H and O–H groups in total. The predicted octanol–water partition coefficient (Wildman–Crippen LogP) is 3.42. The maximum atomic E-state index is 5.78. The summed E-state index contributed by atoms with van der Waals surface area (Å²) in [5.41, 5.74) is 3.43. The van der Waals surface area contributed by atoms with Crippen molar-refractivity contribution in [2.45, 2.75) is 33.2 Å². The third kappa shape index (κ3) is 3.54.